The van der Waals surface area contributed by atoms with Crippen molar-refractivity contribution in [3.8, 4) is 11.5 Å². The molecule has 56 heavy (non-hydrogen) atoms. The Kier molecular flexibility index (Phi) is 14.5. The zero-order valence-corrected chi connectivity index (χ0v) is 31.1. The minimum Gasteiger partial charge on any atom is -0.480 e. The maximum Gasteiger partial charge on any atom is 0.347 e. The zero-order chi connectivity index (χ0) is 40.0. The minimum atomic E-state index is -1.47. The number of carbonyl (C=O) groups excluding carboxylic acids is 3. The molecule has 18 nitrogen and oxygen atoms in total. The van der Waals surface area contributed by atoms with Gasteiger partial charge in [0.05, 0.1) is 38.3 Å². The molecule has 1 atom stereocenters. The van der Waals surface area contributed by atoms with Crippen LogP contribution in [-0.2, 0) is 36.3 Å². The van der Waals surface area contributed by atoms with Gasteiger partial charge in [-0.05, 0) is 74.4 Å². The molecule has 0 aliphatic rings. The summed E-state index contributed by atoms with van der Waals surface area (Å²) < 4.78 is 27.4. The number of anilines is 2. The maximum atomic E-state index is 13.0. The quantitative estimate of drug-likeness (QED) is 0.0438. The molecule has 5 rings (SSSR count). The topological polar surface area (TPSA) is 256 Å². The van der Waals surface area contributed by atoms with Crippen LogP contribution in [0.15, 0.2) is 83.8 Å². The van der Waals surface area contributed by atoms with Gasteiger partial charge in [0.15, 0.2) is 11.2 Å². The van der Waals surface area contributed by atoms with Crippen LogP contribution in [0.5, 0.6) is 11.5 Å². The summed E-state index contributed by atoms with van der Waals surface area (Å²) in [6.45, 7) is 5.00. The number of aromatic nitrogens is 4. The van der Waals surface area contributed by atoms with E-state index in [1.165, 1.54) is 30.5 Å². The Hall–Kier alpha value is -6.33. The predicted octanol–water partition coefficient (Wildman–Crippen LogP) is 4.51. The maximum absolute atomic E-state index is 13.0. The zero-order valence-electron chi connectivity index (χ0n) is 30.2. The van der Waals surface area contributed by atoms with Gasteiger partial charge in [0.1, 0.15) is 23.1 Å². The number of nitrogens with two attached hydrogens (primary N) is 1. The number of esters is 2. The van der Waals surface area contributed by atoms with Gasteiger partial charge in [0.2, 0.25) is 5.95 Å². The highest BCUT2D eigenvalue weighted by Crippen LogP contribution is 2.40. The molecule has 1 amide bonds. The van der Waals surface area contributed by atoms with Crippen LogP contribution in [0.4, 0.5) is 11.6 Å². The lowest BCUT2D eigenvalue weighted by molar-refractivity contribution is -0.140. The number of H-pyrrole nitrogens is 1. The molecule has 2 aromatic heterocycles. The van der Waals surface area contributed by atoms with Crippen molar-refractivity contribution in [1.29, 1.82) is 0 Å². The number of hydrogen-bond donors (Lipinski definition) is 5. The second-order valence-corrected chi connectivity index (χ2v) is 12.9. The second-order valence-electron chi connectivity index (χ2n) is 11.7. The number of nitrogen functional groups attached to an aromatic ring is 1. The third-order valence-corrected chi connectivity index (χ3v) is 8.90. The Labute approximate surface area is 320 Å². The van der Waals surface area contributed by atoms with Crippen molar-refractivity contribution < 1.29 is 47.3 Å². The molecular formula is C37H38N7O11P. The van der Waals surface area contributed by atoms with Gasteiger partial charge in [-0.2, -0.15) is 4.98 Å². The summed E-state index contributed by atoms with van der Waals surface area (Å²) in [5.41, 5.74) is 7.14. The molecule has 0 saturated heterocycles. The number of aliphatic carboxylic acids is 1. The molecule has 2 heterocycles. The number of carboxylic acids is 1. The predicted molar refractivity (Wildman–Crippen MR) is 203 cm³/mol. The number of para-hydroxylation sites is 1. The molecule has 3 aromatic carbocycles. The van der Waals surface area contributed by atoms with Gasteiger partial charge in [-0.1, -0.05) is 24.3 Å². The lowest BCUT2D eigenvalue weighted by Crippen LogP contribution is -2.41. The number of nitrogens with zero attached hydrogens (tertiary/aromatic N) is 3. The summed E-state index contributed by atoms with van der Waals surface area (Å²) in [6, 6.07) is 17.3. The average Bonchev–Trinajstić information content (AvgIpc) is 3.18. The molecule has 6 N–H and O–H groups in total. The van der Waals surface area contributed by atoms with Gasteiger partial charge in [0.25, 0.3) is 11.5 Å². The lowest BCUT2D eigenvalue weighted by atomic mass is 10.1. The van der Waals surface area contributed by atoms with Crippen molar-refractivity contribution in [2.24, 2.45) is 0 Å². The normalized spacial score (nSPS) is 11.6. The molecule has 0 radical (unpaired) electrons. The van der Waals surface area contributed by atoms with Crippen LogP contribution in [0.3, 0.4) is 0 Å². The Bertz CT molecular complexity index is 2210. The number of benzene rings is 3. The largest absolute Gasteiger partial charge is 0.480 e. The summed E-state index contributed by atoms with van der Waals surface area (Å²) in [6.07, 6.45) is 0.757. The number of aromatic amines is 1. The van der Waals surface area contributed by atoms with Crippen LogP contribution in [-0.4, -0.2) is 68.1 Å². The number of carbonyl (C=O) groups is 4. The summed E-state index contributed by atoms with van der Waals surface area (Å²) in [7, 11) is -1.47. The number of hydrogen-bond acceptors (Lipinski definition) is 15. The van der Waals surface area contributed by atoms with Crippen molar-refractivity contribution in [2.45, 2.75) is 45.9 Å². The molecular weight excluding hydrogens is 749 g/mol. The molecule has 0 unspecified atom stereocenters. The van der Waals surface area contributed by atoms with E-state index in [2.05, 4.69) is 30.6 Å². The highest BCUT2D eigenvalue weighted by Gasteiger charge is 2.24. The number of carboxylic acid groups (broad SMARTS) is 1. The van der Waals surface area contributed by atoms with Crippen LogP contribution in [0.25, 0.3) is 11.2 Å². The van der Waals surface area contributed by atoms with Crippen molar-refractivity contribution in [3.05, 3.63) is 112 Å². The van der Waals surface area contributed by atoms with Crippen molar-refractivity contribution >= 4 is 55.2 Å². The standard InChI is InChI=1S/C37H38N7O11P/c1-3-51-56(52-4-2)53-21-22-9-15-26(16-10-22)54-36(50)27-7-5-6-8-29(27)55-30(45)18-17-28(35(48)49)42-33(46)23-11-13-24(14-12-23)39-19-25-20-40-32-31(41-25)34(47)44-37(38)43-32/h5-16,20,28,39H,3-4,17-19,21H2,1-2H3,(H,42,46)(H,48,49)(H3,38,40,43,44,47)/t28-/m0/s1. The summed E-state index contributed by atoms with van der Waals surface area (Å²) in [5, 5.41) is 15.3. The van der Waals surface area contributed by atoms with Gasteiger partial charge in [-0.25, -0.2) is 19.6 Å². The first kappa shape index (κ1) is 40.8. The highest BCUT2D eigenvalue weighted by molar-refractivity contribution is 7.41. The fourth-order valence-corrected chi connectivity index (χ4v) is 5.81. The molecule has 0 aliphatic carbocycles. The first-order valence-corrected chi connectivity index (χ1v) is 18.3. The van der Waals surface area contributed by atoms with Crippen molar-refractivity contribution in [1.82, 2.24) is 25.3 Å². The van der Waals surface area contributed by atoms with E-state index in [0.717, 1.165) is 5.56 Å². The van der Waals surface area contributed by atoms with Crippen LogP contribution in [0.2, 0.25) is 0 Å². The summed E-state index contributed by atoms with van der Waals surface area (Å²) >= 11 is 0. The van der Waals surface area contributed by atoms with Crippen LogP contribution >= 0.6 is 8.60 Å². The number of rotatable bonds is 19. The van der Waals surface area contributed by atoms with Crippen LogP contribution < -0.4 is 31.4 Å². The Morgan fingerprint density at radius 3 is 2.32 bits per heavy atom. The highest BCUT2D eigenvalue weighted by atomic mass is 31.2. The number of ether oxygens (including phenoxy) is 2. The van der Waals surface area contributed by atoms with Crippen LogP contribution in [0.1, 0.15) is 58.7 Å². The van der Waals surface area contributed by atoms with E-state index >= 15 is 0 Å². The van der Waals surface area contributed by atoms with Crippen molar-refractivity contribution in [2.75, 3.05) is 24.3 Å². The fourth-order valence-electron chi connectivity index (χ4n) is 4.91. The van der Waals surface area contributed by atoms with E-state index in [0.29, 0.717) is 24.6 Å². The smallest absolute Gasteiger partial charge is 0.347 e. The van der Waals surface area contributed by atoms with E-state index in [4.69, 9.17) is 28.8 Å². The molecule has 5 aromatic rings. The molecule has 0 saturated carbocycles. The summed E-state index contributed by atoms with van der Waals surface area (Å²) in [5.74, 6) is -3.57. The minimum absolute atomic E-state index is 0.0308. The lowest BCUT2D eigenvalue weighted by Gasteiger charge is -2.15. The Morgan fingerprint density at radius 2 is 1.62 bits per heavy atom. The first-order valence-electron chi connectivity index (χ1n) is 17.2. The number of fused-ring (bicyclic) bond motifs is 1. The van der Waals surface area contributed by atoms with E-state index in [1.54, 1.807) is 48.5 Å². The molecule has 0 aliphatic heterocycles. The van der Waals surface area contributed by atoms with E-state index in [1.807, 2.05) is 13.8 Å². The molecule has 0 spiro atoms. The van der Waals surface area contributed by atoms with Gasteiger partial charge < -0.3 is 44.5 Å². The SMILES string of the molecule is CCOP(OCC)OCc1ccc(OC(=O)c2ccccc2OC(=O)CC[C@H](NC(=O)c2ccc(NCc3cnc4nc(N)[nH]c(=O)c4n3)cc2)C(=O)O)cc1. The third kappa shape index (κ3) is 11.6. The Morgan fingerprint density at radius 1 is 0.911 bits per heavy atom. The van der Waals surface area contributed by atoms with E-state index in [-0.39, 0.29) is 59.3 Å². The molecule has 19 heteroatoms. The first-order chi connectivity index (χ1) is 27.0. The van der Waals surface area contributed by atoms with Gasteiger partial charge in [-0.15, -0.1) is 0 Å². The van der Waals surface area contributed by atoms with Crippen LogP contribution in [0, 0.1) is 0 Å². The summed E-state index contributed by atoms with van der Waals surface area (Å²) in [4.78, 5) is 77.5. The van der Waals surface area contributed by atoms with Gasteiger partial charge in [-0.3, -0.25) is 19.4 Å². The Balaban J connectivity index is 1.10. The fraction of sp³-hybridized carbons (Fsp3) is 0.243. The monoisotopic (exact) mass is 787 g/mol. The number of nitrogens with one attached hydrogen (secondary N) is 3. The molecule has 0 fully saturated rings. The third-order valence-electron chi connectivity index (χ3n) is 7.62. The molecule has 292 valence electrons. The van der Waals surface area contributed by atoms with E-state index < -0.39 is 50.4 Å². The average molecular weight is 788 g/mol. The van der Waals surface area contributed by atoms with Gasteiger partial charge in [0, 0.05) is 17.7 Å². The van der Waals surface area contributed by atoms with E-state index in [9.17, 15) is 29.1 Å². The number of amides is 1. The molecule has 0 bridgehead atoms. The van der Waals surface area contributed by atoms with Crippen molar-refractivity contribution in [3.63, 3.8) is 0 Å². The second kappa shape index (κ2) is 19.8. The van der Waals surface area contributed by atoms with Gasteiger partial charge >= 0.3 is 26.5 Å².